The number of halogens is 1. The molecule has 0 spiro atoms. The van der Waals surface area contributed by atoms with E-state index in [4.69, 9.17) is 11.6 Å². The van der Waals surface area contributed by atoms with Crippen LogP contribution in [0.3, 0.4) is 0 Å². The van der Waals surface area contributed by atoms with Gasteiger partial charge in [-0.2, -0.15) is 0 Å². The summed E-state index contributed by atoms with van der Waals surface area (Å²) in [4.78, 5) is 2.11. The second kappa shape index (κ2) is 5.55. The van der Waals surface area contributed by atoms with Crippen molar-refractivity contribution in [3.63, 3.8) is 0 Å². The largest absolute Gasteiger partial charge is 0.291 e. The molecule has 0 fully saturated rings. The van der Waals surface area contributed by atoms with Crippen LogP contribution in [0, 0.1) is 0 Å². The van der Waals surface area contributed by atoms with E-state index in [1.54, 1.807) is 11.8 Å². The highest BCUT2D eigenvalue weighted by Crippen LogP contribution is 2.36. The van der Waals surface area contributed by atoms with Crippen LogP contribution in [-0.2, 0) is 0 Å². The number of nitrogens with one attached hydrogen (secondary N) is 1. The summed E-state index contributed by atoms with van der Waals surface area (Å²) >= 11 is 7.57. The first kappa shape index (κ1) is 13.5. The van der Waals surface area contributed by atoms with Gasteiger partial charge in [0.25, 0.3) is 0 Å². The van der Waals surface area contributed by atoms with E-state index >= 15 is 0 Å². The first-order chi connectivity index (χ1) is 10.8. The SMILES string of the molecule is Clc1ccc(C2=CN3C(c4ccccc4)=CSC3=NN2)cc1. The fourth-order valence-electron chi connectivity index (χ4n) is 2.38. The summed E-state index contributed by atoms with van der Waals surface area (Å²) in [6, 6.07) is 18.0. The van der Waals surface area contributed by atoms with Gasteiger partial charge < -0.3 is 0 Å². The highest BCUT2D eigenvalue weighted by molar-refractivity contribution is 8.16. The van der Waals surface area contributed by atoms with Crippen molar-refractivity contribution in [2.45, 2.75) is 0 Å². The minimum atomic E-state index is 0.728. The predicted molar refractivity (Wildman–Crippen MR) is 93.8 cm³/mol. The predicted octanol–water partition coefficient (Wildman–Crippen LogP) is 4.56. The minimum Gasteiger partial charge on any atom is -0.291 e. The van der Waals surface area contributed by atoms with E-state index in [-0.39, 0.29) is 0 Å². The number of hydrogen-bond donors (Lipinski definition) is 1. The molecule has 0 radical (unpaired) electrons. The maximum absolute atomic E-state index is 5.95. The van der Waals surface area contributed by atoms with Crippen molar-refractivity contribution in [3.8, 4) is 0 Å². The summed E-state index contributed by atoms with van der Waals surface area (Å²) in [5, 5.41) is 8.23. The van der Waals surface area contributed by atoms with Crippen LogP contribution in [0.1, 0.15) is 11.1 Å². The molecule has 2 aromatic rings. The number of rotatable bonds is 2. The Hall–Kier alpha value is -2.17. The standard InChI is InChI=1S/C17H12ClN3S/c18-14-8-6-12(7-9-14)15-10-21-16(11-22-17(21)20-19-15)13-4-2-1-3-5-13/h1-11,19H. The van der Waals surface area contributed by atoms with E-state index in [9.17, 15) is 0 Å². The van der Waals surface area contributed by atoms with Crippen molar-refractivity contribution in [3.05, 3.63) is 82.4 Å². The average Bonchev–Trinajstić information content (AvgIpc) is 2.99. The molecule has 4 rings (SSSR count). The Morgan fingerprint density at radius 3 is 2.50 bits per heavy atom. The van der Waals surface area contributed by atoms with Crippen molar-refractivity contribution >= 4 is 39.9 Å². The lowest BCUT2D eigenvalue weighted by Gasteiger charge is -2.24. The molecule has 5 heteroatoms. The molecule has 2 aromatic carbocycles. The summed E-state index contributed by atoms with van der Waals surface area (Å²) in [6.07, 6.45) is 2.07. The fourth-order valence-corrected chi connectivity index (χ4v) is 3.34. The minimum absolute atomic E-state index is 0.728. The number of hydrazone groups is 1. The third-order valence-corrected chi connectivity index (χ3v) is 4.59. The molecule has 0 bridgehead atoms. The Kier molecular flexibility index (Phi) is 3.41. The zero-order valence-electron chi connectivity index (χ0n) is 11.5. The highest BCUT2D eigenvalue weighted by Gasteiger charge is 2.26. The van der Waals surface area contributed by atoms with Crippen molar-refractivity contribution in [1.82, 2.24) is 10.3 Å². The van der Waals surface area contributed by atoms with E-state index in [2.05, 4.69) is 39.2 Å². The first-order valence-electron chi connectivity index (χ1n) is 6.84. The Morgan fingerprint density at radius 1 is 0.955 bits per heavy atom. The molecule has 0 saturated heterocycles. The lowest BCUT2D eigenvalue weighted by molar-refractivity contribution is 0.759. The van der Waals surface area contributed by atoms with E-state index in [1.165, 1.54) is 5.56 Å². The van der Waals surface area contributed by atoms with Crippen LogP contribution in [0.15, 0.2) is 71.3 Å². The zero-order chi connectivity index (χ0) is 14.9. The molecule has 0 aliphatic carbocycles. The molecule has 0 saturated carbocycles. The maximum Gasteiger partial charge on any atom is 0.196 e. The van der Waals surface area contributed by atoms with E-state index in [0.29, 0.717) is 0 Å². The van der Waals surface area contributed by atoms with Crippen molar-refractivity contribution in [1.29, 1.82) is 0 Å². The number of benzene rings is 2. The molecule has 1 N–H and O–H groups in total. The van der Waals surface area contributed by atoms with Gasteiger partial charge >= 0.3 is 0 Å². The first-order valence-corrected chi connectivity index (χ1v) is 8.10. The van der Waals surface area contributed by atoms with Crippen molar-refractivity contribution < 1.29 is 0 Å². The molecule has 2 heterocycles. The van der Waals surface area contributed by atoms with Crippen LogP contribution in [0.4, 0.5) is 0 Å². The molecule has 3 nitrogen and oxygen atoms in total. The van der Waals surface area contributed by atoms with Crippen LogP contribution in [0.25, 0.3) is 11.4 Å². The third-order valence-electron chi connectivity index (χ3n) is 3.50. The van der Waals surface area contributed by atoms with Gasteiger partial charge in [-0.1, -0.05) is 65.8 Å². The molecule has 2 aliphatic heterocycles. The second-order valence-electron chi connectivity index (χ2n) is 4.91. The van der Waals surface area contributed by atoms with Gasteiger partial charge in [-0.05, 0) is 17.7 Å². The summed E-state index contributed by atoms with van der Waals surface area (Å²) < 4.78 is 0. The third kappa shape index (κ3) is 2.40. The lowest BCUT2D eigenvalue weighted by Crippen LogP contribution is -2.26. The molecule has 2 aliphatic rings. The number of amidine groups is 1. The van der Waals surface area contributed by atoms with Gasteiger partial charge in [0.1, 0.15) is 0 Å². The molecule has 0 amide bonds. The van der Waals surface area contributed by atoms with Gasteiger partial charge in [0.15, 0.2) is 5.17 Å². The topological polar surface area (TPSA) is 27.6 Å². The summed E-state index contributed by atoms with van der Waals surface area (Å²) in [6.45, 7) is 0. The number of thioether (sulfide) groups is 1. The van der Waals surface area contributed by atoms with Gasteiger partial charge in [-0.15, -0.1) is 5.10 Å². The molecular weight excluding hydrogens is 314 g/mol. The Labute approximate surface area is 138 Å². The maximum atomic E-state index is 5.95. The Balaban J connectivity index is 1.69. The smallest absolute Gasteiger partial charge is 0.196 e. The summed E-state index contributed by atoms with van der Waals surface area (Å²) in [5.74, 6) is 0. The molecule has 0 unspecified atom stereocenters. The molecule has 0 atom stereocenters. The number of fused-ring (bicyclic) bond motifs is 1. The zero-order valence-corrected chi connectivity index (χ0v) is 13.1. The molecular formula is C17H12ClN3S. The lowest BCUT2D eigenvalue weighted by atomic mass is 10.1. The van der Waals surface area contributed by atoms with Crippen LogP contribution < -0.4 is 5.43 Å². The van der Waals surface area contributed by atoms with Gasteiger partial charge in [0.2, 0.25) is 0 Å². The monoisotopic (exact) mass is 325 g/mol. The van der Waals surface area contributed by atoms with Gasteiger partial charge in [-0.25, -0.2) is 0 Å². The van der Waals surface area contributed by atoms with Crippen molar-refractivity contribution in [2.24, 2.45) is 5.10 Å². The van der Waals surface area contributed by atoms with Gasteiger partial charge in [-0.3, -0.25) is 10.3 Å². The van der Waals surface area contributed by atoms with Crippen molar-refractivity contribution in [2.75, 3.05) is 0 Å². The van der Waals surface area contributed by atoms with E-state index in [1.807, 2.05) is 42.5 Å². The van der Waals surface area contributed by atoms with Crippen LogP contribution in [-0.4, -0.2) is 10.1 Å². The average molecular weight is 326 g/mol. The highest BCUT2D eigenvalue weighted by atomic mass is 35.5. The number of nitrogens with zero attached hydrogens (tertiary/aromatic N) is 2. The van der Waals surface area contributed by atoms with E-state index < -0.39 is 0 Å². The normalized spacial score (nSPS) is 16.4. The quantitative estimate of drug-likeness (QED) is 0.877. The van der Waals surface area contributed by atoms with Crippen LogP contribution in [0.2, 0.25) is 5.02 Å². The van der Waals surface area contributed by atoms with E-state index in [0.717, 1.165) is 27.1 Å². The Bertz CT molecular complexity index is 794. The molecule has 22 heavy (non-hydrogen) atoms. The van der Waals surface area contributed by atoms with Crippen LogP contribution in [0.5, 0.6) is 0 Å². The second-order valence-corrected chi connectivity index (χ2v) is 6.19. The summed E-state index contributed by atoms with van der Waals surface area (Å²) in [5.41, 5.74) is 7.42. The van der Waals surface area contributed by atoms with Gasteiger partial charge in [0.05, 0.1) is 11.4 Å². The van der Waals surface area contributed by atoms with Gasteiger partial charge in [0, 0.05) is 22.2 Å². The summed E-state index contributed by atoms with van der Waals surface area (Å²) in [7, 11) is 0. The fraction of sp³-hybridized carbons (Fsp3) is 0. The number of hydrogen-bond acceptors (Lipinski definition) is 4. The van der Waals surface area contributed by atoms with Crippen LogP contribution >= 0.6 is 23.4 Å². The molecule has 0 aromatic heterocycles. The molecule has 108 valence electrons. The Morgan fingerprint density at radius 2 is 1.73 bits per heavy atom.